The van der Waals surface area contributed by atoms with Crippen molar-refractivity contribution in [2.45, 2.75) is 25.4 Å². The summed E-state index contributed by atoms with van der Waals surface area (Å²) in [5, 5.41) is 13.7. The first-order valence-corrected chi connectivity index (χ1v) is 9.35. The Labute approximate surface area is 164 Å². The molecule has 2 N–H and O–H groups in total. The van der Waals surface area contributed by atoms with Gasteiger partial charge in [-0.05, 0) is 47.7 Å². The Kier molecular flexibility index (Phi) is 6.64. The topological polar surface area (TPSA) is 49.3 Å². The number of aliphatic hydroxyl groups is 1. The lowest BCUT2D eigenvalue weighted by atomic mass is 10.0. The molecular weight excluding hydrogens is 358 g/mol. The number of carbonyl (C=O) groups is 1. The highest BCUT2D eigenvalue weighted by molar-refractivity contribution is 6.31. The van der Waals surface area contributed by atoms with Crippen molar-refractivity contribution in [2.24, 2.45) is 0 Å². The summed E-state index contributed by atoms with van der Waals surface area (Å²) < 4.78 is 0. The van der Waals surface area contributed by atoms with Crippen LogP contribution in [0.15, 0.2) is 78.9 Å². The summed E-state index contributed by atoms with van der Waals surface area (Å²) >= 11 is 6.10. The van der Waals surface area contributed by atoms with Gasteiger partial charge in [-0.1, -0.05) is 72.3 Å². The fourth-order valence-corrected chi connectivity index (χ4v) is 3.12. The Hall–Kier alpha value is -2.62. The highest BCUT2D eigenvalue weighted by atomic mass is 35.5. The van der Waals surface area contributed by atoms with Gasteiger partial charge in [-0.15, -0.1) is 0 Å². The van der Waals surface area contributed by atoms with Crippen LogP contribution in [0.3, 0.4) is 0 Å². The van der Waals surface area contributed by atoms with Crippen LogP contribution >= 0.6 is 11.6 Å². The largest absolute Gasteiger partial charge is 0.388 e. The second-order valence-corrected chi connectivity index (χ2v) is 6.89. The van der Waals surface area contributed by atoms with Gasteiger partial charge < -0.3 is 10.4 Å². The number of benzene rings is 3. The highest BCUT2D eigenvalue weighted by Gasteiger charge is 2.09. The minimum Gasteiger partial charge on any atom is -0.388 e. The SMILES string of the molecule is O=C(Cc1ccccc1Cl)Nc1ccc(CC[C@H](O)c2ccccc2)cc1. The monoisotopic (exact) mass is 379 g/mol. The van der Waals surface area contributed by atoms with Crippen LogP contribution in [0.5, 0.6) is 0 Å². The predicted octanol–water partition coefficient (Wildman–Crippen LogP) is 5.19. The summed E-state index contributed by atoms with van der Waals surface area (Å²) in [6.07, 6.45) is 1.19. The average Bonchev–Trinajstić information content (AvgIpc) is 2.69. The van der Waals surface area contributed by atoms with Gasteiger partial charge in [-0.25, -0.2) is 0 Å². The quantitative estimate of drug-likeness (QED) is 0.593. The standard InChI is InChI=1S/C23H22ClNO2/c24-21-9-5-4-8-19(21)16-23(27)25-20-13-10-17(11-14-20)12-15-22(26)18-6-2-1-3-7-18/h1-11,13-14,22,26H,12,15-16H2,(H,25,27)/t22-/m0/s1. The van der Waals surface area contributed by atoms with Crippen molar-refractivity contribution in [3.63, 3.8) is 0 Å². The summed E-state index contributed by atoms with van der Waals surface area (Å²) in [6.45, 7) is 0. The number of halogens is 1. The van der Waals surface area contributed by atoms with Crippen LogP contribution < -0.4 is 5.32 Å². The molecule has 1 atom stereocenters. The minimum atomic E-state index is -0.471. The Bertz CT molecular complexity index is 878. The lowest BCUT2D eigenvalue weighted by molar-refractivity contribution is -0.115. The third kappa shape index (κ3) is 5.68. The van der Waals surface area contributed by atoms with Gasteiger partial charge in [0.25, 0.3) is 0 Å². The molecular formula is C23H22ClNO2. The van der Waals surface area contributed by atoms with Crippen LogP contribution in [-0.2, 0) is 17.6 Å². The van der Waals surface area contributed by atoms with Crippen LogP contribution in [0.25, 0.3) is 0 Å². The fourth-order valence-electron chi connectivity index (χ4n) is 2.92. The number of anilines is 1. The maximum atomic E-state index is 12.2. The molecule has 3 rings (SSSR count). The zero-order valence-corrected chi connectivity index (χ0v) is 15.7. The van der Waals surface area contributed by atoms with E-state index in [2.05, 4.69) is 5.32 Å². The van der Waals surface area contributed by atoms with Crippen molar-refractivity contribution >= 4 is 23.2 Å². The number of carbonyl (C=O) groups excluding carboxylic acids is 1. The average molecular weight is 380 g/mol. The zero-order valence-electron chi connectivity index (χ0n) is 14.9. The summed E-state index contributed by atoms with van der Waals surface area (Å²) in [7, 11) is 0. The number of aryl methyl sites for hydroxylation is 1. The first-order valence-electron chi connectivity index (χ1n) is 8.97. The number of hydrogen-bond donors (Lipinski definition) is 2. The molecule has 27 heavy (non-hydrogen) atoms. The molecule has 0 radical (unpaired) electrons. The van der Waals surface area contributed by atoms with Crippen LogP contribution in [0.1, 0.15) is 29.2 Å². The van der Waals surface area contributed by atoms with Gasteiger partial charge in [0.05, 0.1) is 12.5 Å². The fraction of sp³-hybridized carbons (Fsp3) is 0.174. The molecule has 0 saturated heterocycles. The first kappa shape index (κ1) is 19.2. The third-order valence-electron chi connectivity index (χ3n) is 4.44. The molecule has 3 aromatic carbocycles. The van der Waals surface area contributed by atoms with E-state index < -0.39 is 6.10 Å². The van der Waals surface area contributed by atoms with E-state index in [0.717, 1.165) is 28.8 Å². The third-order valence-corrected chi connectivity index (χ3v) is 4.81. The van der Waals surface area contributed by atoms with Crippen molar-refractivity contribution in [1.29, 1.82) is 0 Å². The smallest absolute Gasteiger partial charge is 0.228 e. The second-order valence-electron chi connectivity index (χ2n) is 6.48. The summed E-state index contributed by atoms with van der Waals surface area (Å²) in [4.78, 5) is 12.2. The predicted molar refractivity (Wildman–Crippen MR) is 110 cm³/mol. The van der Waals surface area contributed by atoms with E-state index in [9.17, 15) is 9.90 Å². The molecule has 0 bridgehead atoms. The number of nitrogens with one attached hydrogen (secondary N) is 1. The van der Waals surface area contributed by atoms with Crippen molar-refractivity contribution in [2.75, 3.05) is 5.32 Å². The number of rotatable bonds is 7. The molecule has 0 aliphatic rings. The van der Waals surface area contributed by atoms with E-state index in [1.165, 1.54) is 0 Å². The number of aliphatic hydroxyl groups excluding tert-OH is 1. The molecule has 0 aliphatic carbocycles. The molecule has 3 aromatic rings. The maximum Gasteiger partial charge on any atom is 0.228 e. The van der Waals surface area contributed by atoms with Gasteiger partial charge in [0.15, 0.2) is 0 Å². The van der Waals surface area contributed by atoms with Gasteiger partial charge in [-0.2, -0.15) is 0 Å². The molecule has 1 amide bonds. The molecule has 138 valence electrons. The van der Waals surface area contributed by atoms with Crippen LogP contribution in [-0.4, -0.2) is 11.0 Å². The van der Waals surface area contributed by atoms with Crippen molar-refractivity contribution in [3.05, 3.63) is 101 Å². The maximum absolute atomic E-state index is 12.2. The molecule has 0 aromatic heterocycles. The Balaban J connectivity index is 1.51. The van der Waals surface area contributed by atoms with Crippen molar-refractivity contribution in [1.82, 2.24) is 0 Å². The molecule has 0 heterocycles. The molecule has 3 nitrogen and oxygen atoms in total. The Morgan fingerprint density at radius 1 is 0.926 bits per heavy atom. The summed E-state index contributed by atoms with van der Waals surface area (Å²) in [6, 6.07) is 24.7. The van der Waals surface area contributed by atoms with E-state index >= 15 is 0 Å². The highest BCUT2D eigenvalue weighted by Crippen LogP contribution is 2.20. The van der Waals surface area contributed by atoms with Crippen LogP contribution in [0.4, 0.5) is 5.69 Å². The first-order chi connectivity index (χ1) is 13.1. The lowest BCUT2D eigenvalue weighted by Crippen LogP contribution is -2.14. The van der Waals surface area contributed by atoms with Crippen LogP contribution in [0, 0.1) is 0 Å². The molecule has 0 spiro atoms. The minimum absolute atomic E-state index is 0.102. The van der Waals surface area contributed by atoms with E-state index in [4.69, 9.17) is 11.6 Å². The molecule has 0 saturated carbocycles. The Morgan fingerprint density at radius 3 is 2.30 bits per heavy atom. The van der Waals surface area contributed by atoms with Gasteiger partial charge in [0.2, 0.25) is 5.91 Å². The number of amides is 1. The van der Waals surface area contributed by atoms with E-state index in [-0.39, 0.29) is 12.3 Å². The normalized spacial score (nSPS) is 11.8. The molecule has 0 fully saturated rings. The van der Waals surface area contributed by atoms with Gasteiger partial charge in [0.1, 0.15) is 0 Å². The lowest BCUT2D eigenvalue weighted by Gasteiger charge is -2.11. The zero-order chi connectivity index (χ0) is 19.1. The van der Waals surface area contributed by atoms with E-state index in [1.807, 2.05) is 72.8 Å². The van der Waals surface area contributed by atoms with Gasteiger partial charge in [0, 0.05) is 10.7 Å². The molecule has 4 heteroatoms. The molecule has 0 aliphatic heterocycles. The van der Waals surface area contributed by atoms with Crippen LogP contribution in [0.2, 0.25) is 5.02 Å². The van der Waals surface area contributed by atoms with E-state index in [0.29, 0.717) is 11.4 Å². The Morgan fingerprint density at radius 2 is 1.59 bits per heavy atom. The van der Waals surface area contributed by atoms with Gasteiger partial charge in [-0.3, -0.25) is 4.79 Å². The molecule has 0 unspecified atom stereocenters. The second kappa shape index (κ2) is 9.36. The van der Waals surface area contributed by atoms with Gasteiger partial charge >= 0.3 is 0 Å². The van der Waals surface area contributed by atoms with E-state index in [1.54, 1.807) is 6.07 Å². The van der Waals surface area contributed by atoms with Crippen molar-refractivity contribution in [3.8, 4) is 0 Å². The summed E-state index contributed by atoms with van der Waals surface area (Å²) in [5.74, 6) is -0.102. The van der Waals surface area contributed by atoms with Crippen molar-refractivity contribution < 1.29 is 9.90 Å². The number of hydrogen-bond acceptors (Lipinski definition) is 2. The summed E-state index contributed by atoms with van der Waals surface area (Å²) in [5.41, 5.74) is 3.61.